The zero-order valence-corrected chi connectivity index (χ0v) is 10.9. The quantitative estimate of drug-likeness (QED) is 0.647. The molecule has 0 aliphatic heterocycles. The maximum absolute atomic E-state index is 2.37. The van der Waals surface area contributed by atoms with Gasteiger partial charge in [0.05, 0.1) is 0 Å². The Hall–Kier alpha value is -0.606. The van der Waals surface area contributed by atoms with Gasteiger partial charge in [-0.2, -0.15) is 0 Å². The van der Waals surface area contributed by atoms with E-state index in [1.165, 1.54) is 18.5 Å². The molecule has 0 nitrogen and oxygen atoms in total. The van der Waals surface area contributed by atoms with E-state index in [1.54, 1.807) is 0 Å². The first-order chi connectivity index (χ1) is 7.45. The number of hydrogen-bond acceptors (Lipinski definition) is 0. The van der Waals surface area contributed by atoms with Crippen LogP contribution < -0.4 is 0 Å². The number of rotatable bonds is 4. The second-order valence-electron chi connectivity index (χ2n) is 3.90. The summed E-state index contributed by atoms with van der Waals surface area (Å²) in [6.45, 7) is 0. The van der Waals surface area contributed by atoms with Crippen molar-refractivity contribution in [3.63, 3.8) is 0 Å². The van der Waals surface area contributed by atoms with Crippen LogP contribution in [0.15, 0.2) is 48.6 Å². The van der Waals surface area contributed by atoms with Crippen molar-refractivity contribution in [2.45, 2.75) is 29.6 Å². The largest absolute Gasteiger partial charge is 0.0843 e. The molecular formula is C13H16Si2. The average Bonchev–Trinajstić information content (AvgIpc) is 2.32. The summed E-state index contributed by atoms with van der Waals surface area (Å²) < 4.78 is 0. The molecule has 0 spiro atoms. The van der Waals surface area contributed by atoms with Crippen LogP contribution in [0.25, 0.3) is 0 Å². The van der Waals surface area contributed by atoms with E-state index in [1.807, 2.05) is 0 Å². The fraction of sp³-hybridized carbons (Fsp3) is 0.385. The summed E-state index contributed by atoms with van der Waals surface area (Å²) in [7, 11) is 2.24. The standard InChI is InChI=1S/C13H16Si2/c1-3-7-12(8-4-1)14-11-15-13-9-5-2-6-10-13/h1-7,9,12-13H,8,10-11H2. The zero-order chi connectivity index (χ0) is 10.3. The molecule has 0 fully saturated rings. The van der Waals surface area contributed by atoms with Gasteiger partial charge in [-0.05, 0) is 23.9 Å². The monoisotopic (exact) mass is 228 g/mol. The van der Waals surface area contributed by atoms with Gasteiger partial charge in [0.25, 0.3) is 0 Å². The Morgan fingerprint density at radius 3 is 1.73 bits per heavy atom. The Morgan fingerprint density at radius 2 is 1.33 bits per heavy atom. The SMILES string of the molecule is C1=CCC([Si]C[Si]C2C=CC=CC2)C=C1. The van der Waals surface area contributed by atoms with Crippen LogP contribution in [0.5, 0.6) is 0 Å². The highest BCUT2D eigenvalue weighted by atomic mass is 28.3. The van der Waals surface area contributed by atoms with Gasteiger partial charge in [0.1, 0.15) is 0 Å². The Bertz CT molecular complexity index is 270. The molecule has 0 bridgehead atoms. The molecule has 2 aliphatic rings. The van der Waals surface area contributed by atoms with Crippen molar-refractivity contribution in [3.8, 4) is 0 Å². The van der Waals surface area contributed by atoms with E-state index in [0.717, 1.165) is 30.1 Å². The van der Waals surface area contributed by atoms with E-state index in [4.69, 9.17) is 0 Å². The minimum Gasteiger partial charge on any atom is -0.0843 e. The van der Waals surface area contributed by atoms with Gasteiger partial charge in [0, 0.05) is 19.0 Å². The highest BCUT2D eigenvalue weighted by Crippen LogP contribution is 2.21. The molecule has 2 unspecified atom stereocenters. The lowest BCUT2D eigenvalue weighted by atomic mass is 10.2. The van der Waals surface area contributed by atoms with Crippen molar-refractivity contribution < 1.29 is 0 Å². The van der Waals surface area contributed by atoms with E-state index < -0.39 is 0 Å². The van der Waals surface area contributed by atoms with Crippen molar-refractivity contribution in [2.24, 2.45) is 0 Å². The van der Waals surface area contributed by atoms with E-state index in [-0.39, 0.29) is 0 Å². The van der Waals surface area contributed by atoms with E-state index in [2.05, 4.69) is 48.6 Å². The van der Waals surface area contributed by atoms with Crippen LogP contribution in [0.1, 0.15) is 12.8 Å². The molecule has 0 heterocycles. The van der Waals surface area contributed by atoms with Crippen LogP contribution in [-0.2, 0) is 0 Å². The number of hydrogen-bond donors (Lipinski definition) is 0. The second-order valence-corrected chi connectivity index (χ2v) is 7.61. The molecule has 2 aliphatic carbocycles. The molecule has 0 saturated heterocycles. The molecule has 0 aromatic carbocycles. The molecular weight excluding hydrogens is 212 g/mol. The van der Waals surface area contributed by atoms with Gasteiger partial charge >= 0.3 is 0 Å². The van der Waals surface area contributed by atoms with Gasteiger partial charge in [-0.1, -0.05) is 54.3 Å². The Kier molecular flexibility index (Phi) is 4.42. The maximum atomic E-state index is 2.37. The molecule has 2 heteroatoms. The van der Waals surface area contributed by atoms with Gasteiger partial charge in [-0.15, -0.1) is 0 Å². The lowest BCUT2D eigenvalue weighted by molar-refractivity contribution is 1.00. The molecule has 0 N–H and O–H groups in total. The predicted octanol–water partition coefficient (Wildman–Crippen LogP) is 3.38. The van der Waals surface area contributed by atoms with E-state index in [0.29, 0.717) is 0 Å². The fourth-order valence-corrected chi connectivity index (χ4v) is 5.45. The third kappa shape index (κ3) is 3.80. The molecule has 76 valence electrons. The minimum absolute atomic E-state index is 0.839. The van der Waals surface area contributed by atoms with E-state index in [9.17, 15) is 0 Å². The summed E-state index contributed by atoms with van der Waals surface area (Å²) in [5.74, 6) is 0. The molecule has 2 atom stereocenters. The Morgan fingerprint density at radius 1 is 0.800 bits per heavy atom. The van der Waals surface area contributed by atoms with Gasteiger partial charge in [0.15, 0.2) is 0 Å². The number of allylic oxidation sites excluding steroid dienone is 8. The highest BCUT2D eigenvalue weighted by Gasteiger charge is 2.10. The Labute approximate surface area is 97.5 Å². The van der Waals surface area contributed by atoms with Crippen LogP contribution in [0.4, 0.5) is 0 Å². The lowest BCUT2D eigenvalue weighted by Crippen LogP contribution is -2.09. The van der Waals surface area contributed by atoms with Gasteiger partial charge < -0.3 is 0 Å². The zero-order valence-electron chi connectivity index (χ0n) is 8.89. The van der Waals surface area contributed by atoms with Crippen molar-refractivity contribution in [1.82, 2.24) is 0 Å². The van der Waals surface area contributed by atoms with Crippen LogP contribution >= 0.6 is 0 Å². The smallest absolute Gasteiger partial charge is 0.0434 e. The molecule has 0 saturated carbocycles. The topological polar surface area (TPSA) is 0 Å². The third-order valence-electron chi connectivity index (χ3n) is 2.69. The Balaban J connectivity index is 1.62. The van der Waals surface area contributed by atoms with Gasteiger partial charge in [-0.25, -0.2) is 0 Å². The van der Waals surface area contributed by atoms with Crippen LogP contribution in [-0.4, -0.2) is 19.0 Å². The first-order valence-corrected chi connectivity index (χ1v) is 8.15. The van der Waals surface area contributed by atoms with Gasteiger partial charge in [0.2, 0.25) is 0 Å². The molecule has 0 aromatic rings. The summed E-state index contributed by atoms with van der Waals surface area (Å²) in [5.41, 5.74) is 3.10. The summed E-state index contributed by atoms with van der Waals surface area (Å²) in [6.07, 6.45) is 20.6. The van der Waals surface area contributed by atoms with Gasteiger partial charge in [-0.3, -0.25) is 0 Å². The van der Waals surface area contributed by atoms with Crippen molar-refractivity contribution in [2.75, 3.05) is 0 Å². The molecule has 4 radical (unpaired) electrons. The summed E-state index contributed by atoms with van der Waals surface area (Å²) in [4.78, 5) is 0. The molecule has 0 aromatic heterocycles. The summed E-state index contributed by atoms with van der Waals surface area (Å²) in [6, 6.07) is 0. The van der Waals surface area contributed by atoms with E-state index >= 15 is 0 Å². The first-order valence-electron chi connectivity index (χ1n) is 5.58. The van der Waals surface area contributed by atoms with Crippen LogP contribution in [0.2, 0.25) is 16.7 Å². The predicted molar refractivity (Wildman–Crippen MR) is 69.6 cm³/mol. The maximum Gasteiger partial charge on any atom is 0.0434 e. The lowest BCUT2D eigenvalue weighted by Gasteiger charge is -2.14. The molecule has 15 heavy (non-hydrogen) atoms. The molecule has 2 rings (SSSR count). The summed E-state index contributed by atoms with van der Waals surface area (Å²) >= 11 is 0. The van der Waals surface area contributed by atoms with Crippen molar-refractivity contribution >= 4 is 19.0 Å². The van der Waals surface area contributed by atoms with Crippen LogP contribution in [0, 0.1) is 0 Å². The first kappa shape index (κ1) is 10.9. The minimum atomic E-state index is 0.839. The normalized spacial score (nSPS) is 28.5. The highest BCUT2D eigenvalue weighted by molar-refractivity contribution is 6.58. The summed E-state index contributed by atoms with van der Waals surface area (Å²) in [5, 5.41) is 0. The van der Waals surface area contributed by atoms with Crippen molar-refractivity contribution in [3.05, 3.63) is 48.6 Å². The van der Waals surface area contributed by atoms with Crippen LogP contribution in [0.3, 0.4) is 0 Å². The second kappa shape index (κ2) is 6.08. The van der Waals surface area contributed by atoms with Crippen molar-refractivity contribution in [1.29, 1.82) is 0 Å². The fourth-order valence-electron chi connectivity index (χ4n) is 1.79. The third-order valence-corrected chi connectivity index (χ3v) is 6.23. The average molecular weight is 228 g/mol. The molecule has 0 amide bonds.